The van der Waals surface area contributed by atoms with Crippen LogP contribution < -0.4 is 15.4 Å². The number of carbonyl (C=O) groups excluding carboxylic acids is 1. The van der Waals surface area contributed by atoms with E-state index in [1.807, 2.05) is 27.7 Å². The molecule has 3 aliphatic rings. The molecule has 2 N–H and O–H groups in total. The van der Waals surface area contributed by atoms with E-state index >= 15 is 0 Å². The van der Waals surface area contributed by atoms with Gasteiger partial charge in [0.1, 0.15) is 17.9 Å². The Bertz CT molecular complexity index is 1150. The lowest BCUT2D eigenvalue weighted by atomic mass is 9.67. The number of aromatic nitrogens is 2. The van der Waals surface area contributed by atoms with Gasteiger partial charge in [0.25, 0.3) is 5.91 Å². The zero-order chi connectivity index (χ0) is 27.7. The van der Waals surface area contributed by atoms with Gasteiger partial charge in [0.05, 0.1) is 11.8 Å². The maximum absolute atomic E-state index is 14.3. The van der Waals surface area contributed by atoms with E-state index in [-0.39, 0.29) is 23.6 Å². The molecule has 1 aromatic heterocycles. The number of ether oxygens (including phenoxy) is 1. The summed E-state index contributed by atoms with van der Waals surface area (Å²) in [7, 11) is 0. The van der Waals surface area contributed by atoms with Crippen molar-refractivity contribution in [2.45, 2.75) is 77.9 Å². The molecule has 1 saturated carbocycles. The van der Waals surface area contributed by atoms with Gasteiger partial charge in [-0.05, 0) is 89.3 Å². The average Bonchev–Trinajstić information content (AvgIpc) is 3.34. The number of carbonyl (C=O) groups is 1. The molecular weight excluding hydrogens is 495 g/mol. The van der Waals surface area contributed by atoms with Crippen LogP contribution in [0.3, 0.4) is 0 Å². The summed E-state index contributed by atoms with van der Waals surface area (Å²) in [5, 5.41) is 0. The highest BCUT2D eigenvalue weighted by molar-refractivity contribution is 5.97. The first-order valence-electron chi connectivity index (χ1n) is 14.5. The number of benzene rings is 1. The fourth-order valence-corrected chi connectivity index (χ4v) is 6.84. The van der Waals surface area contributed by atoms with E-state index in [4.69, 9.17) is 10.5 Å². The van der Waals surface area contributed by atoms with Crippen molar-refractivity contribution in [1.29, 1.82) is 0 Å². The van der Waals surface area contributed by atoms with Crippen LogP contribution in [0.2, 0.25) is 0 Å². The van der Waals surface area contributed by atoms with Gasteiger partial charge in [-0.15, -0.1) is 0 Å². The van der Waals surface area contributed by atoms with Crippen molar-refractivity contribution in [1.82, 2.24) is 19.8 Å². The van der Waals surface area contributed by atoms with Gasteiger partial charge in [-0.25, -0.2) is 14.4 Å². The third-order valence-corrected chi connectivity index (χ3v) is 8.71. The summed E-state index contributed by atoms with van der Waals surface area (Å²) in [4.78, 5) is 28.8. The molecule has 3 fully saturated rings. The number of hydrogen-bond acceptors (Lipinski definition) is 7. The molecule has 0 unspecified atom stereocenters. The molecule has 9 heteroatoms. The molecule has 0 bridgehead atoms. The second-order valence-electron chi connectivity index (χ2n) is 12.5. The lowest BCUT2D eigenvalue weighted by Gasteiger charge is -2.54. The van der Waals surface area contributed by atoms with Crippen molar-refractivity contribution < 1.29 is 13.9 Å². The maximum Gasteiger partial charge on any atom is 0.258 e. The van der Waals surface area contributed by atoms with E-state index < -0.39 is 5.82 Å². The zero-order valence-electron chi connectivity index (χ0n) is 23.8. The molecule has 1 amide bonds. The van der Waals surface area contributed by atoms with Crippen LogP contribution in [0.1, 0.15) is 70.2 Å². The summed E-state index contributed by atoms with van der Waals surface area (Å²) in [5.41, 5.74) is 6.83. The van der Waals surface area contributed by atoms with Crippen molar-refractivity contribution >= 4 is 11.7 Å². The second kappa shape index (κ2) is 11.4. The van der Waals surface area contributed by atoms with Crippen LogP contribution in [-0.4, -0.2) is 76.5 Å². The molecule has 3 heterocycles. The smallest absolute Gasteiger partial charge is 0.258 e. The molecule has 212 valence electrons. The van der Waals surface area contributed by atoms with Gasteiger partial charge in [0.15, 0.2) is 11.6 Å². The van der Waals surface area contributed by atoms with Gasteiger partial charge in [-0.2, -0.15) is 0 Å². The van der Waals surface area contributed by atoms with Gasteiger partial charge >= 0.3 is 0 Å². The largest absolute Gasteiger partial charge is 0.451 e. The minimum atomic E-state index is -0.478. The molecule has 1 aliphatic carbocycles. The first-order valence-corrected chi connectivity index (χ1v) is 14.5. The van der Waals surface area contributed by atoms with E-state index in [0.717, 1.165) is 38.9 Å². The Morgan fingerprint density at radius 2 is 1.87 bits per heavy atom. The Hall–Kier alpha value is -2.78. The highest BCUT2D eigenvalue weighted by Crippen LogP contribution is 2.44. The van der Waals surface area contributed by atoms with Crippen LogP contribution in [-0.2, 0) is 0 Å². The lowest BCUT2D eigenvalue weighted by Crippen LogP contribution is -2.59. The minimum Gasteiger partial charge on any atom is -0.451 e. The Morgan fingerprint density at radius 1 is 1.15 bits per heavy atom. The van der Waals surface area contributed by atoms with Crippen molar-refractivity contribution in [2.24, 2.45) is 17.1 Å². The average molecular weight is 539 g/mol. The van der Waals surface area contributed by atoms with Crippen LogP contribution in [0.5, 0.6) is 11.5 Å². The van der Waals surface area contributed by atoms with E-state index in [0.29, 0.717) is 34.7 Å². The van der Waals surface area contributed by atoms with Crippen LogP contribution in [0.4, 0.5) is 10.2 Å². The summed E-state index contributed by atoms with van der Waals surface area (Å²) in [6, 6.07) is 4.40. The van der Waals surface area contributed by atoms with Gasteiger partial charge < -0.3 is 25.2 Å². The zero-order valence-corrected chi connectivity index (χ0v) is 23.8. The third-order valence-electron chi connectivity index (χ3n) is 8.71. The molecule has 0 radical (unpaired) electrons. The monoisotopic (exact) mass is 538 g/mol. The Labute approximate surface area is 231 Å². The Kier molecular flexibility index (Phi) is 8.10. The number of halogens is 1. The van der Waals surface area contributed by atoms with Crippen LogP contribution in [0, 0.1) is 17.2 Å². The molecule has 2 saturated heterocycles. The highest BCUT2D eigenvalue weighted by atomic mass is 19.1. The molecule has 2 aliphatic heterocycles. The normalized spacial score (nSPS) is 21.5. The standard InChI is InChI=1S/C30H43FN6O2/c1-20(2)37(21(3)4)29(38)25-13-23(31)5-6-26(25)39-27-14-33-19-34-28(27)36-12-9-22(16-36)15-35-17-30(18-35)10-7-24(32)8-11-30/h5-6,13-14,19-22,24H,7-12,15-18,32H2,1-4H3/t22-/m0/s1. The van der Waals surface area contributed by atoms with E-state index in [1.54, 1.807) is 11.1 Å². The predicted molar refractivity (Wildman–Crippen MR) is 151 cm³/mol. The summed E-state index contributed by atoms with van der Waals surface area (Å²) in [6.07, 6.45) is 9.11. The predicted octanol–water partition coefficient (Wildman–Crippen LogP) is 4.70. The number of hydrogen-bond donors (Lipinski definition) is 1. The number of amides is 1. The molecule has 2 aromatic rings. The topological polar surface area (TPSA) is 87.8 Å². The number of nitrogens with zero attached hydrogens (tertiary/aromatic N) is 5. The third kappa shape index (κ3) is 6.04. The summed E-state index contributed by atoms with van der Waals surface area (Å²) in [5.74, 6) is 1.31. The minimum absolute atomic E-state index is 0.0391. The van der Waals surface area contributed by atoms with Gasteiger partial charge in [-0.1, -0.05) is 0 Å². The SMILES string of the molecule is CC(C)N(C(=O)c1cc(F)ccc1Oc1cncnc1N1CC[C@@H](CN2CC3(CCC(N)CC3)C2)C1)C(C)C. The molecule has 8 nitrogen and oxygen atoms in total. The molecule has 1 atom stereocenters. The van der Waals surface area contributed by atoms with Crippen molar-refractivity contribution in [3.05, 3.63) is 42.1 Å². The first-order chi connectivity index (χ1) is 18.6. The second-order valence-corrected chi connectivity index (χ2v) is 12.5. The summed E-state index contributed by atoms with van der Waals surface area (Å²) < 4.78 is 20.6. The number of nitrogens with two attached hydrogens (primary N) is 1. The fourth-order valence-electron chi connectivity index (χ4n) is 6.84. The number of rotatable bonds is 8. The number of anilines is 1. The Balaban J connectivity index is 1.26. The Morgan fingerprint density at radius 3 is 2.56 bits per heavy atom. The van der Waals surface area contributed by atoms with Gasteiger partial charge in [-0.3, -0.25) is 4.79 Å². The van der Waals surface area contributed by atoms with Crippen LogP contribution in [0.15, 0.2) is 30.7 Å². The highest BCUT2D eigenvalue weighted by Gasteiger charge is 2.45. The van der Waals surface area contributed by atoms with Crippen molar-refractivity contribution in [3.63, 3.8) is 0 Å². The number of likely N-dealkylation sites (tertiary alicyclic amines) is 1. The van der Waals surface area contributed by atoms with Crippen LogP contribution in [0.25, 0.3) is 0 Å². The summed E-state index contributed by atoms with van der Waals surface area (Å²) >= 11 is 0. The lowest BCUT2D eigenvalue weighted by molar-refractivity contribution is -0.0377. The first kappa shape index (κ1) is 27.8. The molecule has 1 aromatic carbocycles. The quantitative estimate of drug-likeness (QED) is 0.521. The van der Waals surface area contributed by atoms with Gasteiger partial charge in [0, 0.05) is 50.8 Å². The fraction of sp³-hybridized carbons (Fsp3) is 0.633. The van der Waals surface area contributed by atoms with Crippen molar-refractivity contribution in [3.8, 4) is 11.5 Å². The van der Waals surface area contributed by atoms with E-state index in [2.05, 4.69) is 19.8 Å². The summed E-state index contributed by atoms with van der Waals surface area (Å²) in [6.45, 7) is 13.1. The van der Waals surface area contributed by atoms with E-state index in [1.165, 1.54) is 50.5 Å². The molecular formula is C30H43FN6O2. The maximum atomic E-state index is 14.3. The van der Waals surface area contributed by atoms with Gasteiger partial charge in [0.2, 0.25) is 0 Å². The van der Waals surface area contributed by atoms with E-state index in [9.17, 15) is 9.18 Å². The molecule has 1 spiro atoms. The molecule has 5 rings (SSSR count). The van der Waals surface area contributed by atoms with Crippen LogP contribution >= 0.6 is 0 Å². The molecule has 39 heavy (non-hydrogen) atoms. The van der Waals surface area contributed by atoms with Crippen molar-refractivity contribution in [2.75, 3.05) is 37.6 Å².